The Morgan fingerprint density at radius 1 is 1.42 bits per heavy atom. The van der Waals surface area contributed by atoms with Gasteiger partial charge in [-0.1, -0.05) is 15.9 Å². The molecule has 5 nitrogen and oxygen atoms in total. The van der Waals surface area contributed by atoms with E-state index in [-0.39, 0.29) is 6.42 Å². The number of hydrogen-bond acceptors (Lipinski definition) is 3. The summed E-state index contributed by atoms with van der Waals surface area (Å²) in [4.78, 5) is 20.8. The maximum Gasteiger partial charge on any atom is 0.418 e. The van der Waals surface area contributed by atoms with E-state index in [2.05, 4.69) is 21.2 Å². The second kappa shape index (κ2) is 6.00. The van der Waals surface area contributed by atoms with Crippen molar-refractivity contribution in [3.8, 4) is 0 Å². The molecule has 0 aliphatic heterocycles. The molecule has 0 aliphatic rings. The standard InChI is InChI=1S/C10H8BrF3N2O3/c11-4-3-9(17)15-8-2-1-6(16(18)19)5-7(8)10(12,13)14/h1-2,5H,3-4H2,(H,15,17). The third kappa shape index (κ3) is 4.19. The molecule has 0 radical (unpaired) electrons. The molecule has 19 heavy (non-hydrogen) atoms. The third-order valence-corrected chi connectivity index (χ3v) is 2.51. The number of hydrogen-bond donors (Lipinski definition) is 1. The van der Waals surface area contributed by atoms with Crippen molar-refractivity contribution < 1.29 is 22.9 Å². The average Bonchev–Trinajstić information content (AvgIpc) is 2.27. The number of nitro benzene ring substituents is 1. The molecule has 1 rings (SSSR count). The van der Waals surface area contributed by atoms with Crippen LogP contribution in [0.3, 0.4) is 0 Å². The molecule has 104 valence electrons. The number of anilines is 1. The minimum absolute atomic E-state index is 0.00567. The molecule has 0 bridgehead atoms. The van der Waals surface area contributed by atoms with E-state index in [0.29, 0.717) is 11.4 Å². The monoisotopic (exact) mass is 340 g/mol. The first kappa shape index (κ1) is 15.4. The molecule has 1 aromatic carbocycles. The zero-order valence-corrected chi connectivity index (χ0v) is 10.9. The molecule has 1 N–H and O–H groups in total. The van der Waals surface area contributed by atoms with E-state index in [9.17, 15) is 28.1 Å². The van der Waals surface area contributed by atoms with Gasteiger partial charge in [0.2, 0.25) is 5.91 Å². The van der Waals surface area contributed by atoms with Gasteiger partial charge in [-0.25, -0.2) is 0 Å². The smallest absolute Gasteiger partial charge is 0.325 e. The van der Waals surface area contributed by atoms with E-state index >= 15 is 0 Å². The minimum Gasteiger partial charge on any atom is -0.325 e. The van der Waals surface area contributed by atoms with Gasteiger partial charge in [0.25, 0.3) is 5.69 Å². The zero-order chi connectivity index (χ0) is 14.6. The average molecular weight is 341 g/mol. The van der Waals surface area contributed by atoms with E-state index < -0.39 is 33.9 Å². The van der Waals surface area contributed by atoms with Gasteiger partial charge in [0.15, 0.2) is 0 Å². The van der Waals surface area contributed by atoms with Gasteiger partial charge in [0, 0.05) is 23.9 Å². The fourth-order valence-corrected chi connectivity index (χ4v) is 1.65. The summed E-state index contributed by atoms with van der Waals surface area (Å²) in [5.74, 6) is -0.615. The quantitative estimate of drug-likeness (QED) is 0.519. The van der Waals surface area contributed by atoms with Gasteiger partial charge in [-0.2, -0.15) is 13.2 Å². The van der Waals surface area contributed by atoms with Crippen LogP contribution in [0.5, 0.6) is 0 Å². The summed E-state index contributed by atoms with van der Waals surface area (Å²) in [7, 11) is 0. The van der Waals surface area contributed by atoms with Crippen LogP contribution in [0.25, 0.3) is 0 Å². The lowest BCUT2D eigenvalue weighted by Gasteiger charge is -2.13. The molecular formula is C10H8BrF3N2O3. The van der Waals surface area contributed by atoms with Crippen molar-refractivity contribution in [3.63, 3.8) is 0 Å². The Labute approximate surface area is 114 Å². The zero-order valence-electron chi connectivity index (χ0n) is 9.33. The Kier molecular flexibility index (Phi) is 4.87. The van der Waals surface area contributed by atoms with Crippen LogP contribution in [0.1, 0.15) is 12.0 Å². The molecule has 0 heterocycles. The van der Waals surface area contributed by atoms with Crippen LogP contribution in [-0.4, -0.2) is 16.2 Å². The second-order valence-electron chi connectivity index (χ2n) is 3.47. The van der Waals surface area contributed by atoms with Crippen molar-refractivity contribution in [2.24, 2.45) is 0 Å². The van der Waals surface area contributed by atoms with E-state index in [1.807, 2.05) is 0 Å². The fourth-order valence-electron chi connectivity index (χ4n) is 1.29. The van der Waals surface area contributed by atoms with Crippen LogP contribution in [0.2, 0.25) is 0 Å². The van der Waals surface area contributed by atoms with Crippen molar-refractivity contribution in [1.29, 1.82) is 0 Å². The first-order valence-corrected chi connectivity index (χ1v) is 6.09. The highest BCUT2D eigenvalue weighted by molar-refractivity contribution is 9.09. The second-order valence-corrected chi connectivity index (χ2v) is 4.26. The highest BCUT2D eigenvalue weighted by Crippen LogP contribution is 2.37. The van der Waals surface area contributed by atoms with Crippen LogP contribution in [0.4, 0.5) is 24.5 Å². The predicted molar refractivity (Wildman–Crippen MR) is 65.1 cm³/mol. The highest BCUT2D eigenvalue weighted by Gasteiger charge is 2.35. The first-order chi connectivity index (χ1) is 8.75. The molecule has 0 atom stereocenters. The van der Waals surface area contributed by atoms with Gasteiger partial charge < -0.3 is 5.32 Å². The van der Waals surface area contributed by atoms with Gasteiger partial charge in [0.05, 0.1) is 16.2 Å². The number of alkyl halides is 4. The Bertz CT molecular complexity index is 505. The Morgan fingerprint density at radius 3 is 2.53 bits per heavy atom. The SMILES string of the molecule is O=C(CCBr)Nc1ccc([N+](=O)[O-])cc1C(F)(F)F. The summed E-state index contributed by atoms with van der Waals surface area (Å²) in [5.41, 5.74) is -2.43. The summed E-state index contributed by atoms with van der Waals surface area (Å²) >= 11 is 2.98. The Hall–Kier alpha value is -1.64. The van der Waals surface area contributed by atoms with Crippen LogP contribution < -0.4 is 5.32 Å². The topological polar surface area (TPSA) is 72.2 Å². The molecule has 0 unspecified atom stereocenters. The summed E-state index contributed by atoms with van der Waals surface area (Å²) in [6, 6.07) is 2.16. The minimum atomic E-state index is -4.79. The molecule has 0 saturated carbocycles. The summed E-state index contributed by atoms with van der Waals surface area (Å²) in [5, 5.41) is 12.8. The summed E-state index contributed by atoms with van der Waals surface area (Å²) in [6.07, 6.45) is -4.79. The summed E-state index contributed by atoms with van der Waals surface area (Å²) in [6.45, 7) is 0. The molecule has 9 heteroatoms. The summed E-state index contributed by atoms with van der Waals surface area (Å²) < 4.78 is 38.2. The number of carbonyl (C=O) groups excluding carboxylic acids is 1. The number of carbonyl (C=O) groups is 1. The lowest BCUT2D eigenvalue weighted by Crippen LogP contribution is -2.16. The molecule has 0 aromatic heterocycles. The van der Waals surface area contributed by atoms with E-state index in [4.69, 9.17) is 0 Å². The largest absolute Gasteiger partial charge is 0.418 e. The fraction of sp³-hybridized carbons (Fsp3) is 0.300. The molecule has 0 aliphatic carbocycles. The van der Waals surface area contributed by atoms with Crippen LogP contribution in [-0.2, 0) is 11.0 Å². The van der Waals surface area contributed by atoms with Crippen LogP contribution >= 0.6 is 15.9 Å². The number of benzene rings is 1. The number of nitro groups is 1. The number of amides is 1. The number of nitrogens with one attached hydrogen (secondary N) is 1. The Balaban J connectivity index is 3.17. The maximum atomic E-state index is 12.7. The number of nitrogens with zero attached hydrogens (tertiary/aromatic N) is 1. The number of non-ortho nitro benzene ring substituents is 1. The first-order valence-electron chi connectivity index (χ1n) is 4.97. The van der Waals surface area contributed by atoms with Crippen molar-refractivity contribution in [2.45, 2.75) is 12.6 Å². The van der Waals surface area contributed by atoms with Gasteiger partial charge in [0.1, 0.15) is 0 Å². The maximum absolute atomic E-state index is 12.7. The van der Waals surface area contributed by atoms with E-state index in [0.717, 1.165) is 12.1 Å². The van der Waals surface area contributed by atoms with E-state index in [1.165, 1.54) is 0 Å². The van der Waals surface area contributed by atoms with Gasteiger partial charge in [-0.15, -0.1) is 0 Å². The van der Waals surface area contributed by atoms with Crippen LogP contribution in [0, 0.1) is 10.1 Å². The van der Waals surface area contributed by atoms with Crippen molar-refractivity contribution in [3.05, 3.63) is 33.9 Å². The van der Waals surface area contributed by atoms with Crippen LogP contribution in [0.15, 0.2) is 18.2 Å². The van der Waals surface area contributed by atoms with Gasteiger partial charge >= 0.3 is 6.18 Å². The Morgan fingerprint density at radius 2 is 2.05 bits per heavy atom. The molecular weight excluding hydrogens is 333 g/mol. The molecule has 1 amide bonds. The third-order valence-electron chi connectivity index (χ3n) is 2.12. The highest BCUT2D eigenvalue weighted by atomic mass is 79.9. The normalized spacial score (nSPS) is 11.2. The number of rotatable bonds is 4. The lowest BCUT2D eigenvalue weighted by atomic mass is 10.1. The number of halogens is 4. The van der Waals surface area contributed by atoms with Crippen molar-refractivity contribution >= 4 is 33.2 Å². The van der Waals surface area contributed by atoms with E-state index in [1.54, 1.807) is 0 Å². The predicted octanol–water partition coefficient (Wildman–Crippen LogP) is 3.34. The molecule has 0 fully saturated rings. The van der Waals surface area contributed by atoms with Gasteiger partial charge in [-0.3, -0.25) is 14.9 Å². The van der Waals surface area contributed by atoms with Crippen molar-refractivity contribution in [1.82, 2.24) is 0 Å². The lowest BCUT2D eigenvalue weighted by molar-refractivity contribution is -0.385. The molecule has 0 spiro atoms. The van der Waals surface area contributed by atoms with Crippen molar-refractivity contribution in [2.75, 3.05) is 10.6 Å². The molecule has 1 aromatic rings. The molecule has 0 saturated heterocycles. The van der Waals surface area contributed by atoms with Gasteiger partial charge in [-0.05, 0) is 6.07 Å².